The number of rotatable bonds is 6. The Labute approximate surface area is 167 Å². The second kappa shape index (κ2) is 7.46. The van der Waals surface area contributed by atoms with Crippen LogP contribution in [0.1, 0.15) is 12.1 Å². The summed E-state index contributed by atoms with van der Waals surface area (Å²) in [6, 6.07) is 0. The second-order valence-electron chi connectivity index (χ2n) is 6.47. The molecule has 5 atom stereocenters. The number of ether oxygens (including phenoxy) is 1. The SMILES string of the molecule is Cc1nccn1OP(=O)(O)OC[C@H]1O[C@@H](n2cnc3c(=O)[nH]c(N)nc32)[C@H](O)[C@@H]1O. The van der Waals surface area contributed by atoms with Gasteiger partial charge in [-0.15, -0.1) is 0 Å². The number of nitrogen functional groups attached to an aromatic ring is 1. The van der Waals surface area contributed by atoms with Gasteiger partial charge in [-0.3, -0.25) is 23.8 Å². The van der Waals surface area contributed by atoms with Gasteiger partial charge in [0.05, 0.1) is 19.1 Å². The van der Waals surface area contributed by atoms with Crippen LogP contribution in [0.15, 0.2) is 23.5 Å². The highest BCUT2D eigenvalue weighted by molar-refractivity contribution is 7.47. The van der Waals surface area contributed by atoms with E-state index in [-0.39, 0.29) is 17.1 Å². The number of H-pyrrole nitrogens is 1. The third kappa shape index (κ3) is 3.69. The molecule has 4 rings (SSSR count). The maximum atomic E-state index is 12.1. The van der Waals surface area contributed by atoms with E-state index >= 15 is 0 Å². The molecule has 1 aliphatic rings. The predicted molar refractivity (Wildman–Crippen MR) is 97.8 cm³/mol. The van der Waals surface area contributed by atoms with E-state index in [1.54, 1.807) is 6.92 Å². The zero-order valence-corrected chi connectivity index (χ0v) is 16.3. The Morgan fingerprint density at radius 2 is 2.13 bits per heavy atom. The molecule has 3 aromatic heterocycles. The van der Waals surface area contributed by atoms with Crippen LogP contribution in [0, 0.1) is 6.92 Å². The number of nitrogens with zero attached hydrogens (tertiary/aromatic N) is 5. The van der Waals surface area contributed by atoms with Crippen LogP contribution in [-0.2, 0) is 13.8 Å². The zero-order valence-electron chi connectivity index (χ0n) is 15.4. The minimum absolute atomic E-state index is 0.0285. The first-order valence-corrected chi connectivity index (χ1v) is 10.1. The van der Waals surface area contributed by atoms with Crippen molar-refractivity contribution in [3.63, 3.8) is 0 Å². The number of imidazole rings is 2. The van der Waals surface area contributed by atoms with Gasteiger partial charge < -0.3 is 25.3 Å². The largest absolute Gasteiger partial charge is 0.546 e. The molecule has 0 bridgehead atoms. The van der Waals surface area contributed by atoms with Gasteiger partial charge in [0.1, 0.15) is 24.1 Å². The summed E-state index contributed by atoms with van der Waals surface area (Å²) in [6.07, 6.45) is -1.50. The van der Waals surface area contributed by atoms with E-state index in [1.165, 1.54) is 23.3 Å². The first-order valence-electron chi connectivity index (χ1n) is 8.57. The molecule has 4 heterocycles. The summed E-state index contributed by atoms with van der Waals surface area (Å²) in [4.78, 5) is 35.8. The van der Waals surface area contributed by atoms with Gasteiger partial charge in [-0.05, 0) is 6.92 Å². The normalized spacial score (nSPS) is 26.1. The summed E-state index contributed by atoms with van der Waals surface area (Å²) < 4.78 is 29.6. The van der Waals surface area contributed by atoms with E-state index in [1.807, 2.05) is 0 Å². The Balaban J connectivity index is 1.49. The number of nitrogens with one attached hydrogen (secondary N) is 1. The Morgan fingerprint density at radius 1 is 1.37 bits per heavy atom. The van der Waals surface area contributed by atoms with E-state index in [0.29, 0.717) is 5.82 Å². The van der Waals surface area contributed by atoms with E-state index in [9.17, 15) is 24.5 Å². The number of phosphoric acid groups is 1. The third-order valence-corrected chi connectivity index (χ3v) is 5.30. The summed E-state index contributed by atoms with van der Waals surface area (Å²) in [5.41, 5.74) is 4.94. The van der Waals surface area contributed by atoms with Crippen LogP contribution in [0.5, 0.6) is 0 Å². The van der Waals surface area contributed by atoms with Crippen LogP contribution in [0.25, 0.3) is 11.2 Å². The fraction of sp³-hybridized carbons (Fsp3) is 0.429. The maximum absolute atomic E-state index is 12.1. The van der Waals surface area contributed by atoms with Gasteiger partial charge in [0, 0.05) is 6.20 Å². The molecule has 15 nitrogen and oxygen atoms in total. The van der Waals surface area contributed by atoms with Crippen LogP contribution < -0.4 is 15.9 Å². The number of aromatic amines is 1. The molecular weight excluding hydrogens is 425 g/mol. The van der Waals surface area contributed by atoms with Crippen LogP contribution >= 0.6 is 7.82 Å². The first-order chi connectivity index (χ1) is 14.2. The van der Waals surface area contributed by atoms with Crippen LogP contribution in [-0.4, -0.2) is 69.3 Å². The molecule has 0 aromatic carbocycles. The van der Waals surface area contributed by atoms with Gasteiger partial charge >= 0.3 is 7.82 Å². The van der Waals surface area contributed by atoms with Crippen molar-refractivity contribution in [3.8, 4) is 0 Å². The van der Waals surface area contributed by atoms with E-state index < -0.39 is 44.5 Å². The number of nitrogens with two attached hydrogens (primary N) is 1. The number of aromatic nitrogens is 6. The van der Waals surface area contributed by atoms with Gasteiger partial charge in [-0.25, -0.2) is 14.5 Å². The molecule has 1 unspecified atom stereocenters. The molecule has 3 aromatic rings. The number of phosphoric ester groups is 1. The van der Waals surface area contributed by atoms with Crippen molar-refractivity contribution in [3.05, 3.63) is 34.9 Å². The minimum atomic E-state index is -4.58. The number of hydrogen-bond acceptors (Lipinski definition) is 11. The first kappa shape index (κ1) is 20.5. The number of aliphatic hydroxyl groups excluding tert-OH is 2. The number of aryl methyl sites for hydroxylation is 1. The Kier molecular flexibility index (Phi) is 5.09. The fourth-order valence-corrected chi connectivity index (χ4v) is 3.76. The Hall–Kier alpha value is -2.81. The highest BCUT2D eigenvalue weighted by atomic mass is 31.2. The zero-order chi connectivity index (χ0) is 21.6. The topological polar surface area (TPSA) is 213 Å². The maximum Gasteiger partial charge on any atom is 0.546 e. The number of anilines is 1. The van der Waals surface area contributed by atoms with Crippen molar-refractivity contribution in [2.24, 2.45) is 0 Å². The highest BCUT2D eigenvalue weighted by Gasteiger charge is 2.45. The van der Waals surface area contributed by atoms with Crippen molar-refractivity contribution < 1.29 is 33.6 Å². The lowest BCUT2D eigenvalue weighted by atomic mass is 10.1. The lowest BCUT2D eigenvalue weighted by Crippen LogP contribution is -2.34. The van der Waals surface area contributed by atoms with Crippen molar-refractivity contribution >= 4 is 24.9 Å². The number of fused-ring (bicyclic) bond motifs is 1. The summed E-state index contributed by atoms with van der Waals surface area (Å²) >= 11 is 0. The predicted octanol–water partition coefficient (Wildman–Crippen LogP) is -1.93. The molecular formula is C14H18N7O8P. The lowest BCUT2D eigenvalue weighted by Gasteiger charge is -2.18. The van der Waals surface area contributed by atoms with E-state index in [2.05, 4.69) is 19.9 Å². The molecule has 0 amide bonds. The van der Waals surface area contributed by atoms with E-state index in [0.717, 1.165) is 4.73 Å². The van der Waals surface area contributed by atoms with Crippen molar-refractivity contribution in [2.45, 2.75) is 31.5 Å². The average Bonchev–Trinajstić information content (AvgIpc) is 3.34. The number of hydrogen-bond donors (Lipinski definition) is 5. The quantitative estimate of drug-likeness (QED) is 0.264. The molecule has 1 aliphatic heterocycles. The Morgan fingerprint density at radius 3 is 2.83 bits per heavy atom. The monoisotopic (exact) mass is 443 g/mol. The van der Waals surface area contributed by atoms with Crippen molar-refractivity contribution in [2.75, 3.05) is 12.3 Å². The minimum Gasteiger partial charge on any atom is -0.387 e. The lowest BCUT2D eigenvalue weighted by molar-refractivity contribution is -0.0516. The summed E-state index contributed by atoms with van der Waals surface area (Å²) in [5.74, 6) is 0.143. The molecule has 1 fully saturated rings. The third-order valence-electron chi connectivity index (χ3n) is 4.44. The Bertz CT molecular complexity index is 1170. The molecule has 0 radical (unpaired) electrons. The molecule has 6 N–H and O–H groups in total. The average molecular weight is 443 g/mol. The molecule has 16 heteroatoms. The van der Waals surface area contributed by atoms with Crippen molar-refractivity contribution in [1.29, 1.82) is 0 Å². The van der Waals surface area contributed by atoms with Crippen LogP contribution in [0.4, 0.5) is 5.95 Å². The molecule has 0 aliphatic carbocycles. The molecule has 0 spiro atoms. The second-order valence-corrected chi connectivity index (χ2v) is 7.83. The van der Waals surface area contributed by atoms with Gasteiger partial charge in [-0.1, -0.05) is 0 Å². The van der Waals surface area contributed by atoms with Crippen LogP contribution in [0.2, 0.25) is 0 Å². The molecule has 1 saturated heterocycles. The fourth-order valence-electron chi connectivity index (χ4n) is 2.98. The summed E-state index contributed by atoms with van der Waals surface area (Å²) in [6.45, 7) is 0.963. The van der Waals surface area contributed by atoms with Gasteiger partial charge in [0.15, 0.2) is 17.4 Å². The van der Waals surface area contributed by atoms with Crippen molar-refractivity contribution in [1.82, 2.24) is 29.2 Å². The molecule has 30 heavy (non-hydrogen) atoms. The van der Waals surface area contributed by atoms with Gasteiger partial charge in [-0.2, -0.15) is 9.71 Å². The van der Waals surface area contributed by atoms with Crippen LogP contribution in [0.3, 0.4) is 0 Å². The molecule has 162 valence electrons. The standard InChI is InChI=1S/C14H18N7O8P/c1-6-16-2-3-21(6)29-30(25,26)27-4-7-9(22)10(23)13(28-7)20-5-17-8-11(20)18-14(15)19-12(8)24/h2-3,5,7,9-10,13,22-23H,4H2,1H3,(H,25,26)(H3,15,18,19,24)/t7-,9-,10-,13-/m1/s1. The molecule has 0 saturated carbocycles. The highest BCUT2D eigenvalue weighted by Crippen LogP contribution is 2.41. The smallest absolute Gasteiger partial charge is 0.387 e. The van der Waals surface area contributed by atoms with Gasteiger partial charge in [0.2, 0.25) is 5.95 Å². The van der Waals surface area contributed by atoms with Gasteiger partial charge in [0.25, 0.3) is 5.56 Å². The summed E-state index contributed by atoms with van der Waals surface area (Å²) in [7, 11) is -4.58. The summed E-state index contributed by atoms with van der Waals surface area (Å²) in [5, 5.41) is 20.6. The van der Waals surface area contributed by atoms with E-state index in [4.69, 9.17) is 19.6 Å². The number of aliphatic hydroxyl groups is 2.